The molecule has 2 heterocycles. The minimum absolute atomic E-state index is 0.447. The number of aromatic amines is 1. The summed E-state index contributed by atoms with van der Waals surface area (Å²) in [6.07, 6.45) is 0.771. The molecule has 0 aliphatic rings. The molecule has 0 amide bonds. The maximum Gasteiger partial charge on any atom is 0.417 e. The number of nitrogens with one attached hydrogen (secondary N) is 1. The standard InChI is InChI=1S/C13H11N3O3/c1-7-14-12(10(6-17)16(7)2)8-3-4-9-11(5-8)19-13(18)15-9/h3-6H,1-2H3,(H,15,18). The van der Waals surface area contributed by atoms with Gasteiger partial charge in [-0.15, -0.1) is 0 Å². The molecular weight excluding hydrogens is 246 g/mol. The van der Waals surface area contributed by atoms with Crippen molar-refractivity contribution in [1.29, 1.82) is 0 Å². The van der Waals surface area contributed by atoms with Crippen molar-refractivity contribution in [3.8, 4) is 11.3 Å². The highest BCUT2D eigenvalue weighted by atomic mass is 16.4. The Labute approximate surface area is 107 Å². The van der Waals surface area contributed by atoms with Gasteiger partial charge in [0.05, 0.1) is 11.2 Å². The first-order valence-electron chi connectivity index (χ1n) is 5.72. The van der Waals surface area contributed by atoms with Crippen LogP contribution in [-0.4, -0.2) is 20.8 Å². The zero-order chi connectivity index (χ0) is 13.6. The van der Waals surface area contributed by atoms with E-state index in [1.165, 1.54) is 0 Å². The van der Waals surface area contributed by atoms with Crippen molar-refractivity contribution < 1.29 is 9.21 Å². The first-order chi connectivity index (χ1) is 9.10. The fourth-order valence-corrected chi connectivity index (χ4v) is 2.07. The summed E-state index contributed by atoms with van der Waals surface area (Å²) in [6, 6.07) is 5.22. The lowest BCUT2D eigenvalue weighted by molar-refractivity contribution is 0.111. The molecule has 0 saturated heterocycles. The van der Waals surface area contributed by atoms with E-state index in [0.717, 1.165) is 17.7 Å². The number of aromatic nitrogens is 3. The molecular formula is C13H11N3O3. The van der Waals surface area contributed by atoms with Crippen LogP contribution in [-0.2, 0) is 7.05 Å². The molecule has 0 atom stereocenters. The number of carbonyl (C=O) groups excluding carboxylic acids is 1. The first kappa shape index (κ1) is 11.5. The molecule has 0 aliphatic carbocycles. The Morgan fingerprint density at radius 1 is 1.42 bits per heavy atom. The third kappa shape index (κ3) is 1.69. The van der Waals surface area contributed by atoms with Crippen molar-refractivity contribution in [2.45, 2.75) is 6.92 Å². The number of rotatable bonds is 2. The van der Waals surface area contributed by atoms with E-state index in [-0.39, 0.29) is 0 Å². The second-order valence-corrected chi connectivity index (χ2v) is 4.30. The second kappa shape index (κ2) is 3.94. The molecule has 1 aromatic carbocycles. The Bertz CT molecular complexity index is 839. The van der Waals surface area contributed by atoms with Gasteiger partial charge in [0.2, 0.25) is 0 Å². The highest BCUT2D eigenvalue weighted by Crippen LogP contribution is 2.25. The van der Waals surface area contributed by atoms with Gasteiger partial charge >= 0.3 is 5.76 Å². The number of hydrogen-bond acceptors (Lipinski definition) is 4. The molecule has 0 unspecified atom stereocenters. The fourth-order valence-electron chi connectivity index (χ4n) is 2.07. The topological polar surface area (TPSA) is 80.9 Å². The second-order valence-electron chi connectivity index (χ2n) is 4.30. The zero-order valence-corrected chi connectivity index (χ0v) is 10.4. The highest BCUT2D eigenvalue weighted by molar-refractivity contribution is 5.87. The Balaban J connectivity index is 2.26. The quantitative estimate of drug-likeness (QED) is 0.708. The van der Waals surface area contributed by atoms with Gasteiger partial charge in [-0.1, -0.05) is 6.07 Å². The van der Waals surface area contributed by atoms with E-state index in [4.69, 9.17) is 4.42 Å². The van der Waals surface area contributed by atoms with Gasteiger partial charge in [0.15, 0.2) is 11.9 Å². The van der Waals surface area contributed by atoms with Crippen molar-refractivity contribution in [3.05, 3.63) is 40.3 Å². The molecule has 0 aliphatic heterocycles. The molecule has 96 valence electrons. The Morgan fingerprint density at radius 3 is 2.95 bits per heavy atom. The third-order valence-electron chi connectivity index (χ3n) is 3.17. The largest absolute Gasteiger partial charge is 0.417 e. The third-order valence-corrected chi connectivity index (χ3v) is 3.17. The summed E-state index contributed by atoms with van der Waals surface area (Å²) in [5.41, 5.74) is 2.88. The maximum atomic E-state index is 11.2. The maximum absolute atomic E-state index is 11.2. The molecule has 0 spiro atoms. The molecule has 19 heavy (non-hydrogen) atoms. The van der Waals surface area contributed by atoms with Crippen LogP contribution in [0.5, 0.6) is 0 Å². The number of H-pyrrole nitrogens is 1. The van der Waals surface area contributed by atoms with Crippen molar-refractivity contribution in [1.82, 2.24) is 14.5 Å². The Kier molecular flexibility index (Phi) is 2.38. The van der Waals surface area contributed by atoms with Gasteiger partial charge in [-0.3, -0.25) is 9.78 Å². The van der Waals surface area contributed by atoms with Gasteiger partial charge in [-0.05, 0) is 19.1 Å². The van der Waals surface area contributed by atoms with E-state index >= 15 is 0 Å². The predicted molar refractivity (Wildman–Crippen MR) is 69.2 cm³/mol. The first-order valence-corrected chi connectivity index (χ1v) is 5.72. The summed E-state index contributed by atoms with van der Waals surface area (Å²) in [6.45, 7) is 1.82. The van der Waals surface area contributed by atoms with E-state index in [9.17, 15) is 9.59 Å². The van der Waals surface area contributed by atoms with Crippen LogP contribution >= 0.6 is 0 Å². The SMILES string of the molecule is Cc1nc(-c2ccc3[nH]c(=O)oc3c2)c(C=O)n1C. The molecule has 3 rings (SSSR count). The number of hydrogen-bond donors (Lipinski definition) is 1. The molecule has 1 N–H and O–H groups in total. The molecule has 2 aromatic heterocycles. The van der Waals surface area contributed by atoms with Gasteiger partial charge in [0.1, 0.15) is 11.5 Å². The van der Waals surface area contributed by atoms with Gasteiger partial charge in [-0.2, -0.15) is 0 Å². The number of oxazole rings is 1. The number of benzene rings is 1. The minimum Gasteiger partial charge on any atom is -0.408 e. The van der Waals surface area contributed by atoms with Crippen LogP contribution in [0.4, 0.5) is 0 Å². The van der Waals surface area contributed by atoms with Crippen LogP contribution in [0.3, 0.4) is 0 Å². The predicted octanol–water partition coefficient (Wildman–Crippen LogP) is 1.64. The summed E-state index contributed by atoms with van der Waals surface area (Å²) in [5, 5.41) is 0. The number of aryl methyl sites for hydroxylation is 1. The van der Waals surface area contributed by atoms with Gasteiger partial charge in [0.25, 0.3) is 0 Å². The summed E-state index contributed by atoms with van der Waals surface area (Å²) in [5.74, 6) is 0.243. The average Bonchev–Trinajstić information content (AvgIpc) is 2.89. The van der Waals surface area contributed by atoms with Crippen LogP contribution < -0.4 is 5.76 Å². The fraction of sp³-hybridized carbons (Fsp3) is 0.154. The molecule has 0 radical (unpaired) electrons. The summed E-state index contributed by atoms with van der Waals surface area (Å²) in [4.78, 5) is 29.2. The van der Waals surface area contributed by atoms with Crippen LogP contribution in [0.2, 0.25) is 0 Å². The van der Waals surface area contributed by atoms with Crippen LogP contribution in [0.1, 0.15) is 16.3 Å². The van der Waals surface area contributed by atoms with E-state index in [1.54, 1.807) is 29.8 Å². The zero-order valence-electron chi connectivity index (χ0n) is 10.4. The lowest BCUT2D eigenvalue weighted by Crippen LogP contribution is -1.97. The molecule has 0 bridgehead atoms. The van der Waals surface area contributed by atoms with Crippen molar-refractivity contribution in [3.63, 3.8) is 0 Å². The number of nitrogens with zero attached hydrogens (tertiary/aromatic N) is 2. The number of carbonyl (C=O) groups is 1. The summed E-state index contributed by atoms with van der Waals surface area (Å²) >= 11 is 0. The van der Waals surface area contributed by atoms with Crippen LogP contribution in [0, 0.1) is 6.92 Å². The number of aldehydes is 1. The van der Waals surface area contributed by atoms with E-state index < -0.39 is 5.76 Å². The summed E-state index contributed by atoms with van der Waals surface area (Å²) in [7, 11) is 1.78. The van der Waals surface area contributed by atoms with E-state index in [1.807, 2.05) is 6.92 Å². The van der Waals surface area contributed by atoms with E-state index in [2.05, 4.69) is 9.97 Å². The lowest BCUT2D eigenvalue weighted by atomic mass is 10.1. The van der Waals surface area contributed by atoms with Crippen molar-refractivity contribution in [2.24, 2.45) is 7.05 Å². The van der Waals surface area contributed by atoms with Gasteiger partial charge in [0, 0.05) is 12.6 Å². The van der Waals surface area contributed by atoms with Crippen LogP contribution in [0.25, 0.3) is 22.4 Å². The van der Waals surface area contributed by atoms with E-state index in [0.29, 0.717) is 22.5 Å². The van der Waals surface area contributed by atoms with Crippen molar-refractivity contribution in [2.75, 3.05) is 0 Å². The van der Waals surface area contributed by atoms with Crippen molar-refractivity contribution >= 4 is 17.4 Å². The molecule has 6 heteroatoms. The highest BCUT2D eigenvalue weighted by Gasteiger charge is 2.14. The Hall–Kier alpha value is -2.63. The Morgan fingerprint density at radius 2 is 2.21 bits per heavy atom. The monoisotopic (exact) mass is 257 g/mol. The molecule has 0 fully saturated rings. The molecule has 6 nitrogen and oxygen atoms in total. The smallest absolute Gasteiger partial charge is 0.408 e. The molecule has 3 aromatic rings. The normalized spacial score (nSPS) is 11.1. The number of fused-ring (bicyclic) bond motifs is 1. The average molecular weight is 257 g/mol. The van der Waals surface area contributed by atoms with Gasteiger partial charge in [-0.25, -0.2) is 9.78 Å². The minimum atomic E-state index is -0.500. The van der Waals surface area contributed by atoms with Gasteiger partial charge < -0.3 is 8.98 Å². The lowest BCUT2D eigenvalue weighted by Gasteiger charge is -1.99. The number of imidazole rings is 1. The van der Waals surface area contributed by atoms with Crippen LogP contribution in [0.15, 0.2) is 27.4 Å². The molecule has 0 saturated carbocycles. The summed E-state index contributed by atoms with van der Waals surface area (Å²) < 4.78 is 6.73.